The molecule has 0 saturated carbocycles. The van der Waals surface area contributed by atoms with E-state index in [1.54, 1.807) is 6.07 Å². The van der Waals surface area contributed by atoms with Crippen molar-refractivity contribution in [1.29, 1.82) is 0 Å². The fourth-order valence-electron chi connectivity index (χ4n) is 3.82. The Hall–Kier alpha value is -1.69. The molecule has 0 aliphatic carbocycles. The number of anilines is 1. The quantitative estimate of drug-likeness (QED) is 0.681. The summed E-state index contributed by atoms with van der Waals surface area (Å²) in [5, 5.41) is 14.5. The van der Waals surface area contributed by atoms with E-state index in [-0.39, 0.29) is 10.6 Å². The number of rotatable bonds is 4. The van der Waals surface area contributed by atoms with E-state index in [0.29, 0.717) is 18.1 Å². The van der Waals surface area contributed by atoms with Crippen molar-refractivity contribution < 1.29 is 4.92 Å². The van der Waals surface area contributed by atoms with Crippen LogP contribution in [0.15, 0.2) is 12.3 Å². The van der Waals surface area contributed by atoms with Gasteiger partial charge in [0.05, 0.1) is 4.92 Å². The van der Waals surface area contributed by atoms with E-state index in [0.717, 1.165) is 30.8 Å². The van der Waals surface area contributed by atoms with Crippen LogP contribution in [0.3, 0.4) is 0 Å². The lowest BCUT2D eigenvalue weighted by atomic mass is 9.97. The van der Waals surface area contributed by atoms with Crippen LogP contribution in [0, 0.1) is 17.0 Å². The Bertz CT molecular complexity index is 536. The third kappa shape index (κ3) is 2.72. The second-order valence-electron chi connectivity index (χ2n) is 6.14. The Balaban J connectivity index is 1.84. The van der Waals surface area contributed by atoms with Crippen molar-refractivity contribution in [2.45, 2.75) is 57.7 Å². The zero-order valence-corrected chi connectivity index (χ0v) is 12.6. The van der Waals surface area contributed by atoms with E-state index in [9.17, 15) is 10.1 Å². The summed E-state index contributed by atoms with van der Waals surface area (Å²) in [7, 11) is 0. The zero-order valence-electron chi connectivity index (χ0n) is 12.6. The van der Waals surface area contributed by atoms with Gasteiger partial charge in [-0.15, -0.1) is 0 Å². The Morgan fingerprint density at radius 2 is 2.10 bits per heavy atom. The Morgan fingerprint density at radius 1 is 1.43 bits per heavy atom. The molecule has 0 amide bonds. The van der Waals surface area contributed by atoms with E-state index in [1.165, 1.54) is 19.0 Å². The summed E-state index contributed by atoms with van der Waals surface area (Å²) in [6.07, 6.45) is 6.20. The maximum absolute atomic E-state index is 10.8. The smallest absolute Gasteiger partial charge is 0.287 e. The van der Waals surface area contributed by atoms with Crippen molar-refractivity contribution >= 4 is 11.5 Å². The largest absolute Gasteiger partial charge is 0.354 e. The van der Waals surface area contributed by atoms with Gasteiger partial charge in [-0.05, 0) is 45.1 Å². The molecule has 0 aromatic carbocycles. The van der Waals surface area contributed by atoms with Gasteiger partial charge in [0.25, 0.3) is 5.69 Å². The van der Waals surface area contributed by atoms with E-state index < -0.39 is 0 Å². The predicted molar refractivity (Wildman–Crippen MR) is 81.6 cm³/mol. The molecular weight excluding hydrogens is 268 g/mol. The first-order chi connectivity index (χ1) is 10.1. The minimum atomic E-state index is -0.384. The van der Waals surface area contributed by atoms with E-state index >= 15 is 0 Å². The minimum Gasteiger partial charge on any atom is -0.354 e. The van der Waals surface area contributed by atoms with Crippen molar-refractivity contribution in [3.63, 3.8) is 0 Å². The van der Waals surface area contributed by atoms with Crippen LogP contribution in [-0.2, 0) is 0 Å². The summed E-state index contributed by atoms with van der Waals surface area (Å²) in [5.41, 5.74) is 0.953. The molecule has 2 bridgehead atoms. The van der Waals surface area contributed by atoms with Gasteiger partial charge in [0.2, 0.25) is 0 Å². The van der Waals surface area contributed by atoms with Gasteiger partial charge in [0.1, 0.15) is 12.0 Å². The molecule has 6 nitrogen and oxygen atoms in total. The fourth-order valence-corrected chi connectivity index (χ4v) is 3.82. The van der Waals surface area contributed by atoms with Gasteiger partial charge >= 0.3 is 0 Å². The topological polar surface area (TPSA) is 71.3 Å². The highest BCUT2D eigenvalue weighted by molar-refractivity contribution is 5.51. The number of hydrogen-bond acceptors (Lipinski definition) is 5. The molecule has 1 N–H and O–H groups in total. The molecule has 3 rings (SSSR count). The lowest BCUT2D eigenvalue weighted by molar-refractivity contribution is -0.385. The summed E-state index contributed by atoms with van der Waals surface area (Å²) in [5.74, 6) is 0.898. The van der Waals surface area contributed by atoms with Crippen molar-refractivity contribution in [2.24, 2.45) is 0 Å². The second kappa shape index (κ2) is 5.60. The monoisotopic (exact) mass is 290 g/mol. The summed E-state index contributed by atoms with van der Waals surface area (Å²) in [4.78, 5) is 17.2. The summed E-state index contributed by atoms with van der Waals surface area (Å²) < 4.78 is 0. The first-order valence-corrected chi connectivity index (χ1v) is 7.72. The summed E-state index contributed by atoms with van der Waals surface area (Å²) in [6, 6.07) is 3.37. The van der Waals surface area contributed by atoms with Crippen LogP contribution in [0.2, 0.25) is 0 Å². The van der Waals surface area contributed by atoms with Gasteiger partial charge in [0.15, 0.2) is 0 Å². The van der Waals surface area contributed by atoms with Gasteiger partial charge < -0.3 is 10.2 Å². The Labute approximate surface area is 124 Å². The molecule has 0 spiro atoms. The number of piperidine rings is 1. The lowest BCUT2D eigenvalue weighted by Gasteiger charge is -2.38. The molecule has 6 heteroatoms. The van der Waals surface area contributed by atoms with Gasteiger partial charge in [-0.25, -0.2) is 4.98 Å². The van der Waals surface area contributed by atoms with E-state index in [2.05, 4.69) is 22.1 Å². The molecule has 2 unspecified atom stereocenters. The average Bonchev–Trinajstić information content (AvgIpc) is 2.80. The minimum absolute atomic E-state index is 0.0673. The number of hydrogen-bond donors (Lipinski definition) is 1. The van der Waals surface area contributed by atoms with Crippen LogP contribution in [0.5, 0.6) is 0 Å². The average molecular weight is 290 g/mol. The molecule has 114 valence electrons. The molecule has 2 saturated heterocycles. The third-order valence-corrected chi connectivity index (χ3v) is 4.75. The van der Waals surface area contributed by atoms with Gasteiger partial charge in [0, 0.05) is 30.7 Å². The predicted octanol–water partition coefficient (Wildman–Crippen LogP) is 2.41. The molecule has 2 atom stereocenters. The lowest BCUT2D eigenvalue weighted by Crippen LogP contribution is -2.48. The number of aryl methyl sites for hydroxylation is 1. The van der Waals surface area contributed by atoms with E-state index in [1.807, 2.05) is 6.92 Å². The highest BCUT2D eigenvalue weighted by Crippen LogP contribution is 2.33. The van der Waals surface area contributed by atoms with Crippen molar-refractivity contribution in [2.75, 3.05) is 11.4 Å². The number of nitro groups is 1. The maximum Gasteiger partial charge on any atom is 0.287 e. The maximum atomic E-state index is 10.8. The number of fused-ring (bicyclic) bond motifs is 2. The van der Waals surface area contributed by atoms with Crippen LogP contribution in [0.1, 0.15) is 38.2 Å². The number of aromatic nitrogens is 1. The number of nitrogens with zero attached hydrogens (tertiary/aromatic N) is 3. The molecule has 1 aromatic rings. The van der Waals surface area contributed by atoms with Crippen molar-refractivity contribution in [3.8, 4) is 0 Å². The van der Waals surface area contributed by atoms with Gasteiger partial charge in [-0.3, -0.25) is 10.1 Å². The number of nitrogens with one attached hydrogen (secondary N) is 1. The van der Waals surface area contributed by atoms with Gasteiger partial charge in [-0.2, -0.15) is 0 Å². The number of pyridine rings is 1. The van der Waals surface area contributed by atoms with Crippen molar-refractivity contribution in [1.82, 2.24) is 10.3 Å². The Kier molecular flexibility index (Phi) is 3.80. The first kappa shape index (κ1) is 14.3. The van der Waals surface area contributed by atoms with Crippen LogP contribution < -0.4 is 10.2 Å². The summed E-state index contributed by atoms with van der Waals surface area (Å²) in [6.45, 7) is 4.93. The zero-order chi connectivity index (χ0) is 15.0. The highest BCUT2D eigenvalue weighted by Gasteiger charge is 2.36. The summed E-state index contributed by atoms with van der Waals surface area (Å²) >= 11 is 0. The van der Waals surface area contributed by atoms with Gasteiger partial charge in [-0.1, -0.05) is 0 Å². The van der Waals surface area contributed by atoms with Crippen LogP contribution in [0.25, 0.3) is 0 Å². The molecule has 2 aliphatic heterocycles. The standard InChI is InChI=1S/C15H22N4O2/c1-3-18(13-7-11-4-5-12(8-13)17-11)15-10(2)6-14(9-16-15)19(20)21/h6,9,11-13,17H,3-5,7-8H2,1-2H3. The van der Waals surface area contributed by atoms with Crippen molar-refractivity contribution in [3.05, 3.63) is 27.9 Å². The third-order valence-electron chi connectivity index (χ3n) is 4.75. The van der Waals surface area contributed by atoms with Crippen LogP contribution >= 0.6 is 0 Å². The SMILES string of the molecule is CCN(c1ncc([N+](=O)[O-])cc1C)C1CC2CCC(C1)N2. The second-order valence-corrected chi connectivity index (χ2v) is 6.14. The van der Waals surface area contributed by atoms with Crippen LogP contribution in [0.4, 0.5) is 11.5 Å². The molecule has 3 heterocycles. The Morgan fingerprint density at radius 3 is 2.62 bits per heavy atom. The normalized spacial score (nSPS) is 27.6. The fraction of sp³-hybridized carbons (Fsp3) is 0.667. The molecule has 1 aromatic heterocycles. The molecule has 2 aliphatic rings. The molecule has 21 heavy (non-hydrogen) atoms. The molecular formula is C15H22N4O2. The van der Waals surface area contributed by atoms with Crippen LogP contribution in [-0.4, -0.2) is 34.6 Å². The molecule has 0 radical (unpaired) electrons. The molecule has 2 fully saturated rings. The highest BCUT2D eigenvalue weighted by atomic mass is 16.6. The first-order valence-electron chi connectivity index (χ1n) is 7.72. The van der Waals surface area contributed by atoms with E-state index in [4.69, 9.17) is 0 Å².